The van der Waals surface area contributed by atoms with Gasteiger partial charge >= 0.3 is 0 Å². The lowest BCUT2D eigenvalue weighted by molar-refractivity contribution is -0.134. The van der Waals surface area contributed by atoms with Crippen LogP contribution in [0.2, 0.25) is 5.02 Å². The van der Waals surface area contributed by atoms with E-state index in [0.29, 0.717) is 16.5 Å². The Kier molecular flexibility index (Phi) is 4.31. The van der Waals surface area contributed by atoms with E-state index >= 15 is 0 Å². The Morgan fingerprint density at radius 3 is 2.72 bits per heavy atom. The summed E-state index contributed by atoms with van der Waals surface area (Å²) >= 11 is 5.79. The average molecular weight is 269 g/mol. The summed E-state index contributed by atoms with van der Waals surface area (Å²) in [5.41, 5.74) is 6.20. The van der Waals surface area contributed by atoms with Crippen molar-refractivity contribution < 1.29 is 9.53 Å². The van der Waals surface area contributed by atoms with Crippen molar-refractivity contribution in [2.45, 2.75) is 19.3 Å². The first-order valence-electron chi connectivity index (χ1n) is 6.12. The average Bonchev–Trinajstić information content (AvgIpc) is 2.38. The fourth-order valence-corrected chi connectivity index (χ4v) is 2.21. The molecule has 1 aromatic carbocycles. The lowest BCUT2D eigenvalue weighted by Crippen LogP contribution is -2.38. The minimum atomic E-state index is 0.0176. The van der Waals surface area contributed by atoms with E-state index in [4.69, 9.17) is 22.1 Å². The van der Waals surface area contributed by atoms with Crippen LogP contribution in [-0.2, 0) is 4.79 Å². The van der Waals surface area contributed by atoms with Gasteiger partial charge in [-0.3, -0.25) is 4.79 Å². The molecule has 0 radical (unpaired) electrons. The molecule has 0 aromatic heterocycles. The lowest BCUT2D eigenvalue weighted by Gasteiger charge is -2.26. The lowest BCUT2D eigenvalue weighted by atomic mass is 10.1. The van der Waals surface area contributed by atoms with E-state index in [1.54, 1.807) is 18.2 Å². The Labute approximate surface area is 112 Å². The third-order valence-corrected chi connectivity index (χ3v) is 3.27. The van der Waals surface area contributed by atoms with E-state index in [1.807, 2.05) is 4.90 Å². The first-order valence-corrected chi connectivity index (χ1v) is 6.50. The number of nitrogens with two attached hydrogens (primary N) is 1. The summed E-state index contributed by atoms with van der Waals surface area (Å²) in [7, 11) is 0. The van der Waals surface area contributed by atoms with Crippen LogP contribution >= 0.6 is 11.6 Å². The van der Waals surface area contributed by atoms with Gasteiger partial charge in [-0.05, 0) is 37.5 Å². The maximum Gasteiger partial charge on any atom is 0.260 e. The topological polar surface area (TPSA) is 55.6 Å². The fraction of sp³-hybridized carbons (Fsp3) is 0.462. The van der Waals surface area contributed by atoms with E-state index < -0.39 is 0 Å². The third-order valence-electron chi connectivity index (χ3n) is 3.03. The van der Waals surface area contributed by atoms with E-state index in [-0.39, 0.29) is 12.5 Å². The summed E-state index contributed by atoms with van der Waals surface area (Å²) < 4.78 is 5.43. The van der Waals surface area contributed by atoms with Crippen LogP contribution in [0.3, 0.4) is 0 Å². The van der Waals surface area contributed by atoms with Crippen LogP contribution < -0.4 is 10.5 Å². The van der Waals surface area contributed by atoms with E-state index in [0.717, 1.165) is 25.9 Å². The van der Waals surface area contributed by atoms with Crippen molar-refractivity contribution in [1.29, 1.82) is 0 Å². The third kappa shape index (κ3) is 3.29. The molecule has 5 heteroatoms. The molecule has 1 amide bonds. The highest BCUT2D eigenvalue weighted by atomic mass is 35.5. The number of hydrogen-bond donors (Lipinski definition) is 1. The largest absolute Gasteiger partial charge is 0.482 e. The maximum absolute atomic E-state index is 11.9. The Morgan fingerprint density at radius 2 is 2.06 bits per heavy atom. The quantitative estimate of drug-likeness (QED) is 0.856. The number of piperidine rings is 1. The highest BCUT2D eigenvalue weighted by Gasteiger charge is 2.17. The molecule has 1 aromatic rings. The van der Waals surface area contributed by atoms with Crippen LogP contribution in [0.1, 0.15) is 19.3 Å². The smallest absolute Gasteiger partial charge is 0.260 e. The van der Waals surface area contributed by atoms with Crippen molar-refractivity contribution in [3.05, 3.63) is 23.2 Å². The first kappa shape index (κ1) is 13.0. The Bertz CT molecular complexity index is 431. The monoisotopic (exact) mass is 268 g/mol. The highest BCUT2D eigenvalue weighted by Crippen LogP contribution is 2.24. The van der Waals surface area contributed by atoms with Gasteiger partial charge in [0.2, 0.25) is 0 Å². The molecule has 0 aliphatic carbocycles. The molecule has 0 atom stereocenters. The number of amides is 1. The van der Waals surface area contributed by atoms with Crippen LogP contribution in [0.5, 0.6) is 5.75 Å². The van der Waals surface area contributed by atoms with Crippen molar-refractivity contribution in [2.24, 2.45) is 0 Å². The van der Waals surface area contributed by atoms with Crippen molar-refractivity contribution in [3.8, 4) is 5.75 Å². The minimum Gasteiger partial charge on any atom is -0.482 e. The molecule has 4 nitrogen and oxygen atoms in total. The number of ether oxygens (including phenoxy) is 1. The van der Waals surface area contributed by atoms with Crippen molar-refractivity contribution >= 4 is 23.2 Å². The molecule has 98 valence electrons. The predicted octanol–water partition coefficient (Wildman–Crippen LogP) is 2.31. The standard InChI is InChI=1S/C13H17ClN2O2/c14-10-4-5-12(11(15)8-10)18-9-13(17)16-6-2-1-3-7-16/h4-5,8H,1-3,6-7,9,15H2. The number of nitrogen functional groups attached to an aromatic ring is 1. The van der Waals surface area contributed by atoms with Crippen molar-refractivity contribution in [3.63, 3.8) is 0 Å². The van der Waals surface area contributed by atoms with Gasteiger partial charge in [0.25, 0.3) is 5.91 Å². The van der Waals surface area contributed by atoms with Gasteiger partial charge < -0.3 is 15.4 Å². The summed E-state index contributed by atoms with van der Waals surface area (Å²) in [5, 5.41) is 0.558. The SMILES string of the molecule is Nc1cc(Cl)ccc1OCC(=O)N1CCCCC1. The second kappa shape index (κ2) is 5.96. The summed E-state index contributed by atoms with van der Waals surface area (Å²) in [4.78, 5) is 13.7. The molecule has 18 heavy (non-hydrogen) atoms. The van der Waals surface area contributed by atoms with Gasteiger partial charge in [-0.15, -0.1) is 0 Å². The molecule has 1 aliphatic heterocycles. The molecule has 0 saturated carbocycles. The molecule has 1 heterocycles. The van der Waals surface area contributed by atoms with Crippen molar-refractivity contribution in [2.75, 3.05) is 25.4 Å². The van der Waals surface area contributed by atoms with Crippen LogP contribution in [-0.4, -0.2) is 30.5 Å². The van der Waals surface area contributed by atoms with Gasteiger partial charge in [-0.2, -0.15) is 0 Å². The molecule has 2 N–H and O–H groups in total. The molecule has 0 spiro atoms. The summed E-state index contributed by atoms with van der Waals surface area (Å²) in [6.45, 7) is 1.70. The van der Waals surface area contributed by atoms with Gasteiger partial charge in [0, 0.05) is 18.1 Å². The van der Waals surface area contributed by atoms with Crippen LogP contribution in [0.25, 0.3) is 0 Å². The number of carbonyl (C=O) groups excluding carboxylic acids is 1. The van der Waals surface area contributed by atoms with Crippen LogP contribution in [0.15, 0.2) is 18.2 Å². The number of hydrogen-bond acceptors (Lipinski definition) is 3. The molecule has 1 saturated heterocycles. The van der Waals surface area contributed by atoms with Crippen LogP contribution in [0, 0.1) is 0 Å². The molecule has 0 unspecified atom stereocenters. The molecule has 1 aliphatic rings. The molecular weight excluding hydrogens is 252 g/mol. The van der Waals surface area contributed by atoms with Gasteiger partial charge in [0.05, 0.1) is 5.69 Å². The van der Waals surface area contributed by atoms with E-state index in [1.165, 1.54) is 6.42 Å². The number of likely N-dealkylation sites (tertiary alicyclic amines) is 1. The Hall–Kier alpha value is -1.42. The zero-order chi connectivity index (χ0) is 13.0. The maximum atomic E-state index is 11.9. The molecule has 2 rings (SSSR count). The molecule has 0 bridgehead atoms. The van der Waals surface area contributed by atoms with E-state index in [2.05, 4.69) is 0 Å². The number of nitrogens with zero attached hydrogens (tertiary/aromatic N) is 1. The highest BCUT2D eigenvalue weighted by molar-refractivity contribution is 6.30. The van der Waals surface area contributed by atoms with Gasteiger partial charge in [0.1, 0.15) is 5.75 Å². The number of carbonyl (C=O) groups is 1. The normalized spacial score (nSPS) is 15.5. The summed E-state index contributed by atoms with van der Waals surface area (Å²) in [6.07, 6.45) is 3.36. The van der Waals surface area contributed by atoms with Gasteiger partial charge in [-0.25, -0.2) is 0 Å². The number of rotatable bonds is 3. The summed E-state index contributed by atoms with van der Waals surface area (Å²) in [5.74, 6) is 0.522. The number of benzene rings is 1. The Morgan fingerprint density at radius 1 is 1.33 bits per heavy atom. The van der Waals surface area contributed by atoms with Crippen LogP contribution in [0.4, 0.5) is 5.69 Å². The number of anilines is 1. The van der Waals surface area contributed by atoms with Gasteiger partial charge in [0.15, 0.2) is 6.61 Å². The molecule has 1 fully saturated rings. The first-order chi connectivity index (χ1) is 8.66. The second-order valence-corrected chi connectivity index (χ2v) is 4.85. The second-order valence-electron chi connectivity index (χ2n) is 4.41. The fourth-order valence-electron chi connectivity index (χ4n) is 2.02. The van der Waals surface area contributed by atoms with Gasteiger partial charge in [-0.1, -0.05) is 11.6 Å². The Balaban J connectivity index is 1.88. The molecular formula is C13H17ClN2O2. The van der Waals surface area contributed by atoms with Crippen molar-refractivity contribution in [1.82, 2.24) is 4.90 Å². The minimum absolute atomic E-state index is 0.0176. The zero-order valence-corrected chi connectivity index (χ0v) is 10.9. The summed E-state index contributed by atoms with van der Waals surface area (Å²) in [6, 6.07) is 4.99. The predicted molar refractivity (Wildman–Crippen MR) is 71.8 cm³/mol. The zero-order valence-electron chi connectivity index (χ0n) is 10.2. The van der Waals surface area contributed by atoms with E-state index in [9.17, 15) is 4.79 Å². The number of halogens is 1.